The highest BCUT2D eigenvalue weighted by atomic mass is 16.2. The smallest absolute Gasteiger partial charge is 0.238 e. The molecular formula is C26H31N5O2. The van der Waals surface area contributed by atoms with E-state index >= 15 is 0 Å². The number of piperazine rings is 1. The van der Waals surface area contributed by atoms with Crippen molar-refractivity contribution in [3.63, 3.8) is 0 Å². The molecule has 0 atom stereocenters. The van der Waals surface area contributed by atoms with Gasteiger partial charge >= 0.3 is 0 Å². The van der Waals surface area contributed by atoms with Crippen LogP contribution < -0.4 is 10.2 Å². The number of amides is 1. The predicted octanol–water partition coefficient (Wildman–Crippen LogP) is 3.53. The van der Waals surface area contributed by atoms with Crippen LogP contribution in [0.5, 0.6) is 0 Å². The van der Waals surface area contributed by atoms with E-state index in [1.165, 1.54) is 18.1 Å². The average molecular weight is 446 g/mol. The fourth-order valence-electron chi connectivity index (χ4n) is 4.81. The van der Waals surface area contributed by atoms with Crippen molar-refractivity contribution in [2.24, 2.45) is 0 Å². The summed E-state index contributed by atoms with van der Waals surface area (Å²) in [6.07, 6.45) is 3.07. The zero-order chi connectivity index (χ0) is 23.5. The molecule has 0 saturated carbocycles. The normalized spacial score (nSPS) is 15.9. The second kappa shape index (κ2) is 9.72. The molecule has 2 aliphatic rings. The minimum absolute atomic E-state index is 0.00341. The standard InChI is InChI=1S/C26H31N5O2/c1-17(2)25-22-6-4-5-21(22)23(15-27)26(29-25)31-13-11-30(12-14-31)16-24(33)28-20-9-7-19(8-10-20)18(3)32/h7-10,17H,4-6,11-14,16H2,1-3H3,(H,28,33). The van der Waals surface area contributed by atoms with E-state index in [1.54, 1.807) is 24.3 Å². The van der Waals surface area contributed by atoms with Crippen molar-refractivity contribution in [3.05, 3.63) is 52.2 Å². The quantitative estimate of drug-likeness (QED) is 0.685. The number of carbonyl (C=O) groups is 2. The van der Waals surface area contributed by atoms with E-state index in [-0.39, 0.29) is 11.7 Å². The molecule has 7 nitrogen and oxygen atoms in total. The Labute approximate surface area is 195 Å². The fraction of sp³-hybridized carbons (Fsp3) is 0.462. The lowest BCUT2D eigenvalue weighted by molar-refractivity contribution is -0.117. The van der Waals surface area contributed by atoms with E-state index in [1.807, 2.05) is 0 Å². The van der Waals surface area contributed by atoms with Crippen molar-refractivity contribution in [1.82, 2.24) is 9.88 Å². The molecular weight excluding hydrogens is 414 g/mol. The van der Waals surface area contributed by atoms with Gasteiger partial charge < -0.3 is 10.2 Å². The van der Waals surface area contributed by atoms with Gasteiger partial charge in [0.1, 0.15) is 11.9 Å². The first kappa shape index (κ1) is 22.9. The van der Waals surface area contributed by atoms with E-state index in [2.05, 4.69) is 35.0 Å². The summed E-state index contributed by atoms with van der Waals surface area (Å²) in [5.41, 5.74) is 5.68. The molecule has 1 fully saturated rings. The van der Waals surface area contributed by atoms with Crippen LogP contribution in [-0.4, -0.2) is 54.3 Å². The molecule has 4 rings (SSSR count). The summed E-state index contributed by atoms with van der Waals surface area (Å²) in [5.74, 6) is 1.08. The maximum absolute atomic E-state index is 12.5. The van der Waals surface area contributed by atoms with Crippen molar-refractivity contribution < 1.29 is 9.59 Å². The van der Waals surface area contributed by atoms with Gasteiger partial charge in [-0.3, -0.25) is 14.5 Å². The van der Waals surface area contributed by atoms with Gasteiger partial charge in [0.2, 0.25) is 5.91 Å². The van der Waals surface area contributed by atoms with Crippen molar-refractivity contribution in [2.75, 3.05) is 42.9 Å². The number of hydrogen-bond acceptors (Lipinski definition) is 6. The minimum Gasteiger partial charge on any atom is -0.353 e. The molecule has 1 amide bonds. The second-order valence-corrected chi connectivity index (χ2v) is 9.22. The summed E-state index contributed by atoms with van der Waals surface area (Å²) < 4.78 is 0. The molecule has 1 aliphatic heterocycles. The third-order valence-corrected chi connectivity index (χ3v) is 6.55. The van der Waals surface area contributed by atoms with Gasteiger partial charge in [0.25, 0.3) is 0 Å². The molecule has 172 valence electrons. The molecule has 1 aliphatic carbocycles. The number of nitrogens with one attached hydrogen (secondary N) is 1. The van der Waals surface area contributed by atoms with E-state index in [4.69, 9.17) is 4.98 Å². The summed E-state index contributed by atoms with van der Waals surface area (Å²) in [7, 11) is 0. The Balaban J connectivity index is 1.39. The van der Waals surface area contributed by atoms with Crippen LogP contribution in [0.3, 0.4) is 0 Å². The molecule has 33 heavy (non-hydrogen) atoms. The molecule has 1 aromatic heterocycles. The number of ketones is 1. The highest BCUT2D eigenvalue weighted by molar-refractivity contribution is 5.96. The van der Waals surface area contributed by atoms with E-state index in [0.29, 0.717) is 23.7 Å². The van der Waals surface area contributed by atoms with E-state index < -0.39 is 0 Å². The molecule has 1 saturated heterocycles. The average Bonchev–Trinajstić information content (AvgIpc) is 3.28. The van der Waals surface area contributed by atoms with Gasteiger partial charge in [-0.2, -0.15) is 5.26 Å². The summed E-state index contributed by atoms with van der Waals surface area (Å²) in [4.78, 5) is 33.2. The Morgan fingerprint density at radius 2 is 1.76 bits per heavy atom. The number of anilines is 2. The van der Waals surface area contributed by atoms with Gasteiger partial charge in [-0.05, 0) is 67.5 Å². The molecule has 7 heteroatoms. The number of carbonyl (C=O) groups excluding carboxylic acids is 2. The maximum Gasteiger partial charge on any atom is 0.238 e. The third kappa shape index (κ3) is 4.91. The summed E-state index contributed by atoms with van der Waals surface area (Å²) >= 11 is 0. The number of fused-ring (bicyclic) bond motifs is 1. The zero-order valence-corrected chi connectivity index (χ0v) is 19.6. The molecule has 0 bridgehead atoms. The van der Waals surface area contributed by atoms with Gasteiger partial charge in [-0.25, -0.2) is 4.98 Å². The molecule has 1 aromatic carbocycles. The van der Waals surface area contributed by atoms with E-state index in [0.717, 1.165) is 62.5 Å². The molecule has 0 radical (unpaired) electrons. The largest absolute Gasteiger partial charge is 0.353 e. The van der Waals surface area contributed by atoms with Crippen molar-refractivity contribution in [3.8, 4) is 6.07 Å². The van der Waals surface area contributed by atoms with Crippen LogP contribution in [0.15, 0.2) is 24.3 Å². The number of nitrogens with zero attached hydrogens (tertiary/aromatic N) is 4. The second-order valence-electron chi connectivity index (χ2n) is 9.22. The number of pyridine rings is 1. The van der Waals surface area contributed by atoms with Gasteiger partial charge in [0.05, 0.1) is 12.1 Å². The molecule has 0 spiro atoms. The first-order chi connectivity index (χ1) is 15.9. The fourth-order valence-corrected chi connectivity index (χ4v) is 4.81. The summed E-state index contributed by atoms with van der Waals surface area (Å²) in [5, 5.41) is 12.8. The monoisotopic (exact) mass is 445 g/mol. The highest BCUT2D eigenvalue weighted by Gasteiger charge is 2.28. The predicted molar refractivity (Wildman–Crippen MR) is 129 cm³/mol. The topological polar surface area (TPSA) is 89.3 Å². The highest BCUT2D eigenvalue weighted by Crippen LogP contribution is 2.35. The minimum atomic E-state index is -0.0745. The van der Waals surface area contributed by atoms with Crippen LogP contribution in [0.25, 0.3) is 0 Å². The molecule has 2 heterocycles. The number of hydrogen-bond donors (Lipinski definition) is 1. The van der Waals surface area contributed by atoms with Gasteiger partial charge in [-0.1, -0.05) is 13.8 Å². The number of aromatic nitrogens is 1. The lowest BCUT2D eigenvalue weighted by Gasteiger charge is -2.36. The Hall–Kier alpha value is -3.24. The zero-order valence-electron chi connectivity index (χ0n) is 19.6. The van der Waals surface area contributed by atoms with Crippen molar-refractivity contribution in [2.45, 2.75) is 46.0 Å². The Morgan fingerprint density at radius 1 is 1.09 bits per heavy atom. The maximum atomic E-state index is 12.5. The van der Waals surface area contributed by atoms with Crippen LogP contribution in [0.1, 0.15) is 65.9 Å². The van der Waals surface area contributed by atoms with Gasteiger partial charge in [-0.15, -0.1) is 0 Å². The van der Waals surface area contributed by atoms with Crippen molar-refractivity contribution >= 4 is 23.2 Å². The van der Waals surface area contributed by atoms with Crippen LogP contribution in [0, 0.1) is 11.3 Å². The Morgan fingerprint density at radius 3 is 2.36 bits per heavy atom. The SMILES string of the molecule is CC(=O)c1ccc(NC(=O)CN2CCN(c3nc(C(C)C)c4c(c3C#N)CCC4)CC2)cc1. The van der Waals surface area contributed by atoms with Crippen LogP contribution in [0.4, 0.5) is 11.5 Å². The van der Waals surface area contributed by atoms with Crippen molar-refractivity contribution in [1.29, 1.82) is 5.26 Å². The van der Waals surface area contributed by atoms with E-state index in [9.17, 15) is 14.9 Å². The number of benzene rings is 1. The lowest BCUT2D eigenvalue weighted by atomic mass is 9.97. The number of Topliss-reactive ketones (excluding diaryl/α,β-unsaturated/α-hetero) is 1. The first-order valence-corrected chi connectivity index (χ1v) is 11.7. The first-order valence-electron chi connectivity index (χ1n) is 11.7. The number of nitriles is 1. The Bertz CT molecular complexity index is 1090. The lowest BCUT2D eigenvalue weighted by Crippen LogP contribution is -2.49. The van der Waals surface area contributed by atoms with Gasteiger partial charge in [0, 0.05) is 43.1 Å². The molecule has 1 N–H and O–H groups in total. The number of rotatable bonds is 6. The third-order valence-electron chi connectivity index (χ3n) is 6.55. The molecule has 0 unspecified atom stereocenters. The Kier molecular flexibility index (Phi) is 6.75. The van der Waals surface area contributed by atoms with Crippen LogP contribution in [-0.2, 0) is 17.6 Å². The van der Waals surface area contributed by atoms with Crippen LogP contribution >= 0.6 is 0 Å². The van der Waals surface area contributed by atoms with Crippen LogP contribution in [0.2, 0.25) is 0 Å². The summed E-state index contributed by atoms with van der Waals surface area (Å²) in [6.45, 7) is 9.10. The van der Waals surface area contributed by atoms with Gasteiger partial charge in [0.15, 0.2) is 5.78 Å². The summed E-state index contributed by atoms with van der Waals surface area (Å²) in [6, 6.07) is 9.38. The molecule has 2 aromatic rings.